The van der Waals surface area contributed by atoms with Crippen LogP contribution in [0.2, 0.25) is 0 Å². The Morgan fingerprint density at radius 3 is 2.33 bits per heavy atom. The summed E-state index contributed by atoms with van der Waals surface area (Å²) in [5.74, 6) is -0.104. The van der Waals surface area contributed by atoms with Gasteiger partial charge in [0.2, 0.25) is 0 Å². The molecule has 1 aliphatic rings. The summed E-state index contributed by atoms with van der Waals surface area (Å²) in [5, 5.41) is 3.31. The maximum Gasteiger partial charge on any atom is 0.419 e. The zero-order chi connectivity index (χ0) is 19.6. The molecule has 0 unspecified atom stereocenters. The van der Waals surface area contributed by atoms with Gasteiger partial charge in [0.25, 0.3) is 0 Å². The van der Waals surface area contributed by atoms with E-state index in [1.165, 1.54) is 6.07 Å². The summed E-state index contributed by atoms with van der Waals surface area (Å²) in [5.41, 5.74) is -0.526. The van der Waals surface area contributed by atoms with Crippen molar-refractivity contribution in [1.29, 1.82) is 0 Å². The summed E-state index contributed by atoms with van der Waals surface area (Å²) in [4.78, 5) is 6.71. The lowest BCUT2D eigenvalue weighted by atomic mass is 9.97. The van der Waals surface area contributed by atoms with Crippen molar-refractivity contribution < 1.29 is 17.6 Å². The van der Waals surface area contributed by atoms with Crippen LogP contribution in [-0.2, 0) is 12.7 Å². The van der Waals surface area contributed by atoms with Gasteiger partial charge in [0, 0.05) is 30.8 Å². The smallest absolute Gasteiger partial charge is 0.333 e. The molecule has 1 fully saturated rings. The van der Waals surface area contributed by atoms with Gasteiger partial charge >= 0.3 is 6.18 Å². The van der Waals surface area contributed by atoms with Gasteiger partial charge in [-0.25, -0.2) is 9.37 Å². The number of benzene rings is 1. The van der Waals surface area contributed by atoms with Gasteiger partial charge in [0.1, 0.15) is 11.6 Å². The summed E-state index contributed by atoms with van der Waals surface area (Å²) in [7, 11) is 3.94. The SMILES string of the molecule is CN(C)CCn1cc(-c2ccc(F)c(C(F)(F)F)c2)nc1C1CCNCC1.Cl.Cl.Cl. The summed E-state index contributed by atoms with van der Waals surface area (Å²) in [6.07, 6.45) is -1.06. The molecule has 172 valence electrons. The molecule has 2 heterocycles. The summed E-state index contributed by atoms with van der Waals surface area (Å²) in [6, 6.07) is 3.07. The van der Waals surface area contributed by atoms with Gasteiger partial charge in [0.05, 0.1) is 11.3 Å². The first-order chi connectivity index (χ1) is 12.8. The number of alkyl halides is 3. The zero-order valence-electron chi connectivity index (χ0n) is 16.7. The Labute approximate surface area is 192 Å². The standard InChI is InChI=1S/C19H24F4N4.3ClH/c1-26(2)9-10-27-12-17(25-18(27)13-5-7-24-8-6-13)14-3-4-16(20)15(11-14)19(21,22)23;;;/h3-4,11-13,24H,5-10H2,1-2H3;3*1H. The fourth-order valence-corrected chi connectivity index (χ4v) is 3.36. The predicted octanol–water partition coefficient (Wildman–Crippen LogP) is 5.00. The molecule has 0 amide bonds. The van der Waals surface area contributed by atoms with E-state index in [1.807, 2.05) is 23.6 Å². The Balaban J connectivity index is 0.00000280. The van der Waals surface area contributed by atoms with Crippen LogP contribution in [0.5, 0.6) is 0 Å². The molecule has 4 nitrogen and oxygen atoms in total. The first-order valence-corrected chi connectivity index (χ1v) is 9.05. The second-order valence-corrected chi connectivity index (χ2v) is 7.20. The summed E-state index contributed by atoms with van der Waals surface area (Å²) in [6.45, 7) is 3.29. The number of halogens is 7. The third kappa shape index (κ3) is 6.99. The van der Waals surface area contributed by atoms with Crippen molar-refractivity contribution in [2.45, 2.75) is 31.5 Å². The highest BCUT2D eigenvalue weighted by Gasteiger charge is 2.34. The van der Waals surface area contributed by atoms with E-state index in [0.717, 1.165) is 50.4 Å². The van der Waals surface area contributed by atoms with Gasteiger partial charge in [-0.15, -0.1) is 37.2 Å². The van der Waals surface area contributed by atoms with Gasteiger partial charge in [-0.1, -0.05) is 0 Å². The van der Waals surface area contributed by atoms with E-state index in [1.54, 1.807) is 6.20 Å². The quantitative estimate of drug-likeness (QED) is 0.595. The maximum absolute atomic E-state index is 13.6. The Kier molecular flexibility index (Phi) is 11.7. The van der Waals surface area contributed by atoms with Crippen molar-refractivity contribution in [2.24, 2.45) is 0 Å². The van der Waals surface area contributed by atoms with Crippen molar-refractivity contribution in [1.82, 2.24) is 19.8 Å². The van der Waals surface area contributed by atoms with Gasteiger partial charge in [0.15, 0.2) is 0 Å². The van der Waals surface area contributed by atoms with E-state index < -0.39 is 17.6 Å². The van der Waals surface area contributed by atoms with Gasteiger partial charge in [-0.05, 0) is 58.2 Å². The van der Waals surface area contributed by atoms with Crippen LogP contribution in [0.1, 0.15) is 30.1 Å². The van der Waals surface area contributed by atoms with E-state index in [4.69, 9.17) is 0 Å². The molecule has 0 atom stereocenters. The summed E-state index contributed by atoms with van der Waals surface area (Å²) >= 11 is 0. The Hall–Kier alpha value is -1.06. The number of piperidine rings is 1. The van der Waals surface area contributed by atoms with Gasteiger partial charge in [-0.2, -0.15) is 13.2 Å². The molecule has 1 N–H and O–H groups in total. The number of aromatic nitrogens is 2. The van der Waals surface area contributed by atoms with E-state index in [-0.39, 0.29) is 48.7 Å². The predicted molar refractivity (Wildman–Crippen MR) is 118 cm³/mol. The maximum atomic E-state index is 13.6. The van der Waals surface area contributed by atoms with Crippen LogP contribution in [0, 0.1) is 5.82 Å². The van der Waals surface area contributed by atoms with E-state index >= 15 is 0 Å². The minimum absolute atomic E-state index is 0. The molecule has 1 aromatic heterocycles. The molecular weight excluding hydrogens is 467 g/mol. The monoisotopic (exact) mass is 492 g/mol. The number of hydrogen-bond acceptors (Lipinski definition) is 3. The van der Waals surface area contributed by atoms with Crippen LogP contribution in [0.15, 0.2) is 24.4 Å². The first kappa shape index (κ1) is 28.9. The Morgan fingerprint density at radius 1 is 1.13 bits per heavy atom. The Bertz CT molecular complexity index is 791. The average molecular weight is 494 g/mol. The van der Waals surface area contributed by atoms with Crippen LogP contribution >= 0.6 is 37.2 Å². The number of nitrogens with zero attached hydrogens (tertiary/aromatic N) is 3. The number of likely N-dealkylation sites (N-methyl/N-ethyl adjacent to an activating group) is 1. The number of hydrogen-bond donors (Lipinski definition) is 1. The van der Waals surface area contributed by atoms with Crippen molar-refractivity contribution in [2.75, 3.05) is 33.7 Å². The van der Waals surface area contributed by atoms with Crippen molar-refractivity contribution in [3.8, 4) is 11.3 Å². The second-order valence-electron chi connectivity index (χ2n) is 7.20. The Morgan fingerprint density at radius 2 is 1.77 bits per heavy atom. The van der Waals surface area contributed by atoms with Crippen molar-refractivity contribution in [3.05, 3.63) is 41.6 Å². The van der Waals surface area contributed by atoms with Gasteiger partial charge in [-0.3, -0.25) is 0 Å². The highest BCUT2D eigenvalue weighted by atomic mass is 35.5. The molecule has 0 radical (unpaired) electrons. The zero-order valence-corrected chi connectivity index (χ0v) is 19.2. The molecular formula is C19H27Cl3F4N4. The second kappa shape index (κ2) is 12.1. The third-order valence-corrected chi connectivity index (χ3v) is 4.87. The van der Waals surface area contributed by atoms with Crippen LogP contribution in [-0.4, -0.2) is 48.2 Å². The van der Waals surface area contributed by atoms with Crippen LogP contribution in [0.4, 0.5) is 17.6 Å². The molecule has 0 saturated carbocycles. The van der Waals surface area contributed by atoms with E-state index in [2.05, 4.69) is 10.3 Å². The van der Waals surface area contributed by atoms with E-state index in [9.17, 15) is 17.6 Å². The molecule has 0 bridgehead atoms. The van der Waals surface area contributed by atoms with Gasteiger partial charge < -0.3 is 14.8 Å². The van der Waals surface area contributed by atoms with Crippen LogP contribution in [0.25, 0.3) is 11.3 Å². The molecule has 3 rings (SSSR count). The van der Waals surface area contributed by atoms with E-state index in [0.29, 0.717) is 12.2 Å². The average Bonchev–Trinajstić information content (AvgIpc) is 3.04. The first-order valence-electron chi connectivity index (χ1n) is 9.05. The molecule has 11 heteroatoms. The largest absolute Gasteiger partial charge is 0.419 e. The van der Waals surface area contributed by atoms with Crippen molar-refractivity contribution in [3.63, 3.8) is 0 Å². The normalized spacial score (nSPS) is 14.6. The third-order valence-electron chi connectivity index (χ3n) is 4.87. The molecule has 1 aliphatic heterocycles. The molecule has 1 aromatic carbocycles. The lowest BCUT2D eigenvalue weighted by molar-refractivity contribution is -0.139. The molecule has 0 spiro atoms. The lowest BCUT2D eigenvalue weighted by Crippen LogP contribution is -2.28. The minimum atomic E-state index is -4.73. The summed E-state index contributed by atoms with van der Waals surface area (Å²) < 4.78 is 54.8. The lowest BCUT2D eigenvalue weighted by Gasteiger charge is -2.23. The molecule has 2 aromatic rings. The number of nitrogens with one attached hydrogen (secondary N) is 1. The molecule has 1 saturated heterocycles. The highest BCUT2D eigenvalue weighted by molar-refractivity contribution is 5.86. The number of imidazole rings is 1. The van der Waals surface area contributed by atoms with Crippen LogP contribution in [0.3, 0.4) is 0 Å². The van der Waals surface area contributed by atoms with Crippen molar-refractivity contribution >= 4 is 37.2 Å². The molecule has 30 heavy (non-hydrogen) atoms. The topological polar surface area (TPSA) is 33.1 Å². The fourth-order valence-electron chi connectivity index (χ4n) is 3.36. The van der Waals surface area contributed by atoms with Crippen LogP contribution < -0.4 is 5.32 Å². The number of rotatable bonds is 5. The fraction of sp³-hybridized carbons (Fsp3) is 0.526. The minimum Gasteiger partial charge on any atom is -0.333 e. The highest BCUT2D eigenvalue weighted by Crippen LogP contribution is 2.35. The molecule has 0 aliphatic carbocycles.